The minimum absolute atomic E-state index is 0.246. The fraction of sp³-hybridized carbons (Fsp3) is 0.188. The van der Waals surface area contributed by atoms with Gasteiger partial charge in [-0.3, -0.25) is 19.3 Å². The molecule has 0 atom stereocenters. The summed E-state index contributed by atoms with van der Waals surface area (Å²) in [5, 5.41) is -0.498. The Bertz CT molecular complexity index is 731. The molecule has 1 aromatic rings. The molecule has 0 spiro atoms. The Morgan fingerprint density at radius 2 is 2.17 bits per heavy atom. The van der Waals surface area contributed by atoms with E-state index < -0.39 is 23.7 Å². The van der Waals surface area contributed by atoms with E-state index >= 15 is 0 Å². The van der Waals surface area contributed by atoms with E-state index in [1.54, 1.807) is 30.4 Å². The molecular weight excluding hydrogens is 398 g/mol. The summed E-state index contributed by atoms with van der Waals surface area (Å²) in [5.74, 6) is -0.519. The number of esters is 1. The van der Waals surface area contributed by atoms with Gasteiger partial charge in [-0.05, 0) is 51.5 Å². The van der Waals surface area contributed by atoms with E-state index in [1.807, 2.05) is 0 Å². The summed E-state index contributed by atoms with van der Waals surface area (Å²) in [5.41, 5.74) is 0.719. The third-order valence-electron chi connectivity index (χ3n) is 3.00. The maximum absolute atomic E-state index is 12.2. The van der Waals surface area contributed by atoms with Crippen molar-refractivity contribution in [2.45, 2.75) is 0 Å². The molecule has 0 aliphatic carbocycles. The van der Waals surface area contributed by atoms with E-state index in [0.29, 0.717) is 16.8 Å². The molecule has 0 saturated carbocycles. The molecule has 2 rings (SSSR count). The molecule has 24 heavy (non-hydrogen) atoms. The van der Waals surface area contributed by atoms with Crippen molar-refractivity contribution >= 4 is 50.9 Å². The molecule has 1 fully saturated rings. The summed E-state index contributed by atoms with van der Waals surface area (Å²) >= 11 is 4.17. The van der Waals surface area contributed by atoms with Gasteiger partial charge in [0.25, 0.3) is 11.1 Å². The topological polar surface area (TPSA) is 72.9 Å². The van der Waals surface area contributed by atoms with Gasteiger partial charge in [-0.1, -0.05) is 18.7 Å². The van der Waals surface area contributed by atoms with Crippen LogP contribution in [0.25, 0.3) is 6.08 Å². The molecule has 1 aliphatic heterocycles. The van der Waals surface area contributed by atoms with Crippen molar-refractivity contribution in [1.82, 2.24) is 4.90 Å². The van der Waals surface area contributed by atoms with Crippen molar-refractivity contribution in [2.75, 3.05) is 20.3 Å². The van der Waals surface area contributed by atoms with E-state index in [2.05, 4.69) is 27.2 Å². The molecule has 1 saturated heterocycles. The Morgan fingerprint density at radius 1 is 1.42 bits per heavy atom. The molecule has 126 valence electrons. The number of amides is 2. The van der Waals surface area contributed by atoms with Gasteiger partial charge in [0.15, 0.2) is 0 Å². The zero-order chi connectivity index (χ0) is 17.7. The molecule has 0 radical (unpaired) electrons. The van der Waals surface area contributed by atoms with Crippen LogP contribution in [0, 0.1) is 0 Å². The summed E-state index contributed by atoms with van der Waals surface area (Å²) in [6.07, 6.45) is 3.22. The van der Waals surface area contributed by atoms with Gasteiger partial charge in [-0.25, -0.2) is 0 Å². The lowest BCUT2D eigenvalue weighted by molar-refractivity contribution is -0.143. The zero-order valence-electron chi connectivity index (χ0n) is 12.8. The number of carbonyl (C=O) groups is 3. The monoisotopic (exact) mass is 411 g/mol. The third kappa shape index (κ3) is 4.27. The fourth-order valence-electron chi connectivity index (χ4n) is 1.85. The maximum atomic E-state index is 12.2. The normalized spacial score (nSPS) is 15.8. The van der Waals surface area contributed by atoms with Crippen LogP contribution in [-0.2, 0) is 14.3 Å². The number of benzene rings is 1. The molecule has 1 heterocycles. The van der Waals surface area contributed by atoms with Gasteiger partial charge in [0, 0.05) is 0 Å². The Morgan fingerprint density at radius 3 is 2.79 bits per heavy atom. The lowest BCUT2D eigenvalue weighted by Crippen LogP contribution is -2.34. The first-order chi connectivity index (χ1) is 11.5. The number of methoxy groups -OCH3 is 1. The number of carbonyl (C=O) groups excluding carboxylic acids is 3. The number of rotatable bonds is 6. The van der Waals surface area contributed by atoms with E-state index in [-0.39, 0.29) is 4.91 Å². The number of nitrogens with zero attached hydrogens (tertiary/aromatic N) is 1. The highest BCUT2D eigenvalue weighted by molar-refractivity contribution is 9.10. The summed E-state index contributed by atoms with van der Waals surface area (Å²) in [7, 11) is 1.20. The molecular formula is C16H14BrNO5S. The van der Waals surface area contributed by atoms with Gasteiger partial charge in [-0.15, -0.1) is 0 Å². The smallest absolute Gasteiger partial charge is 0.325 e. The van der Waals surface area contributed by atoms with Crippen LogP contribution in [0.1, 0.15) is 5.56 Å². The highest BCUT2D eigenvalue weighted by Crippen LogP contribution is 2.33. The summed E-state index contributed by atoms with van der Waals surface area (Å²) < 4.78 is 10.6. The SMILES string of the molecule is C=CCOc1ccc(/C=C2\SC(=O)N(CC(=O)OC)C2=O)cc1Br. The van der Waals surface area contributed by atoms with Crippen LogP contribution >= 0.6 is 27.7 Å². The maximum Gasteiger partial charge on any atom is 0.325 e. The standard InChI is InChI=1S/C16H14BrNO5S/c1-3-6-23-12-5-4-10(7-11(12)17)8-13-15(20)18(16(21)24-13)9-14(19)22-2/h3-5,7-8H,1,6,9H2,2H3/b13-8-. The number of thioether (sulfide) groups is 1. The van der Waals surface area contributed by atoms with Gasteiger partial charge >= 0.3 is 5.97 Å². The fourth-order valence-corrected chi connectivity index (χ4v) is 3.20. The third-order valence-corrected chi connectivity index (χ3v) is 4.53. The van der Waals surface area contributed by atoms with Crippen LogP contribution in [0.5, 0.6) is 5.75 Å². The van der Waals surface area contributed by atoms with Gasteiger partial charge in [0.1, 0.15) is 18.9 Å². The predicted molar refractivity (Wildman–Crippen MR) is 94.5 cm³/mol. The van der Waals surface area contributed by atoms with Crippen molar-refractivity contribution in [2.24, 2.45) is 0 Å². The number of hydrogen-bond acceptors (Lipinski definition) is 6. The predicted octanol–water partition coefficient (Wildman–Crippen LogP) is 3.22. The molecule has 0 bridgehead atoms. The first kappa shape index (κ1) is 18.3. The first-order valence-corrected chi connectivity index (χ1v) is 8.42. The molecule has 0 N–H and O–H groups in total. The average molecular weight is 412 g/mol. The summed E-state index contributed by atoms with van der Waals surface area (Å²) in [6.45, 7) is 3.57. The van der Waals surface area contributed by atoms with Crippen LogP contribution in [-0.4, -0.2) is 42.3 Å². The Kier molecular flexibility index (Phi) is 6.22. The average Bonchev–Trinajstić information content (AvgIpc) is 2.81. The van der Waals surface area contributed by atoms with Crippen LogP contribution in [0.2, 0.25) is 0 Å². The quantitative estimate of drug-likeness (QED) is 0.406. The second-order valence-corrected chi connectivity index (χ2v) is 6.48. The molecule has 0 unspecified atom stereocenters. The largest absolute Gasteiger partial charge is 0.488 e. The second-order valence-electron chi connectivity index (χ2n) is 4.63. The number of halogens is 1. The molecule has 0 aromatic heterocycles. The van der Waals surface area contributed by atoms with Gasteiger partial charge in [0.05, 0.1) is 16.5 Å². The van der Waals surface area contributed by atoms with Crippen LogP contribution in [0.15, 0.2) is 40.2 Å². The Hall–Kier alpha value is -2.06. The van der Waals surface area contributed by atoms with Crippen molar-refractivity contribution in [3.8, 4) is 5.75 Å². The molecule has 6 nitrogen and oxygen atoms in total. The first-order valence-electron chi connectivity index (χ1n) is 6.81. The number of hydrogen-bond donors (Lipinski definition) is 0. The minimum atomic E-state index is -0.648. The molecule has 8 heteroatoms. The Balaban J connectivity index is 2.18. The summed E-state index contributed by atoms with van der Waals surface area (Å²) in [4.78, 5) is 36.5. The number of imide groups is 1. The van der Waals surface area contributed by atoms with Crippen LogP contribution in [0.3, 0.4) is 0 Å². The van der Waals surface area contributed by atoms with Crippen molar-refractivity contribution in [1.29, 1.82) is 0 Å². The molecule has 1 aromatic carbocycles. The van der Waals surface area contributed by atoms with Crippen LogP contribution < -0.4 is 4.74 Å². The van der Waals surface area contributed by atoms with E-state index in [4.69, 9.17) is 4.74 Å². The number of ether oxygens (including phenoxy) is 2. The Labute approximate surface area is 151 Å². The van der Waals surface area contributed by atoms with Gasteiger partial charge < -0.3 is 9.47 Å². The van der Waals surface area contributed by atoms with Gasteiger partial charge in [0.2, 0.25) is 0 Å². The van der Waals surface area contributed by atoms with E-state index in [1.165, 1.54) is 7.11 Å². The summed E-state index contributed by atoms with van der Waals surface area (Å²) in [6, 6.07) is 5.28. The van der Waals surface area contributed by atoms with Crippen molar-refractivity contribution in [3.05, 3.63) is 45.8 Å². The van der Waals surface area contributed by atoms with Crippen molar-refractivity contribution in [3.63, 3.8) is 0 Å². The minimum Gasteiger partial charge on any atom is -0.488 e. The lowest BCUT2D eigenvalue weighted by Gasteiger charge is -2.09. The van der Waals surface area contributed by atoms with Crippen molar-refractivity contribution < 1.29 is 23.9 Å². The highest BCUT2D eigenvalue weighted by atomic mass is 79.9. The zero-order valence-corrected chi connectivity index (χ0v) is 15.2. The second kappa shape index (κ2) is 8.16. The molecule has 2 amide bonds. The van der Waals surface area contributed by atoms with Crippen LogP contribution in [0.4, 0.5) is 4.79 Å². The lowest BCUT2D eigenvalue weighted by atomic mass is 10.2. The molecule has 1 aliphatic rings. The van der Waals surface area contributed by atoms with Gasteiger partial charge in [-0.2, -0.15) is 0 Å². The van der Waals surface area contributed by atoms with E-state index in [0.717, 1.165) is 22.2 Å². The highest BCUT2D eigenvalue weighted by Gasteiger charge is 2.36. The van der Waals surface area contributed by atoms with E-state index in [9.17, 15) is 14.4 Å².